The smallest absolute Gasteiger partial charge is 0.144 e. The van der Waals surface area contributed by atoms with Gasteiger partial charge in [-0.3, -0.25) is 0 Å². The second-order valence-electron chi connectivity index (χ2n) is 5.82. The second kappa shape index (κ2) is 5.80. The van der Waals surface area contributed by atoms with Crippen molar-refractivity contribution in [2.24, 2.45) is 0 Å². The van der Waals surface area contributed by atoms with Crippen LogP contribution in [0.5, 0.6) is 0 Å². The van der Waals surface area contributed by atoms with E-state index in [1.165, 1.54) is 24.1 Å². The van der Waals surface area contributed by atoms with Gasteiger partial charge in [-0.15, -0.1) is 0 Å². The highest BCUT2D eigenvalue weighted by atomic mass is 16.5. The molecule has 1 fully saturated rings. The standard InChI is InChI=1S/C16H21N3O/c1-20-14-7-6-13(9-14)18-16-12(10-17)8-11-4-2-3-5-15(11)19-16/h8,13-14H,2-7,9H2,1H3,(H,18,19). The lowest BCUT2D eigenvalue weighted by Crippen LogP contribution is -2.20. The second-order valence-corrected chi connectivity index (χ2v) is 5.82. The van der Waals surface area contributed by atoms with Gasteiger partial charge in [-0.05, 0) is 56.6 Å². The first-order chi connectivity index (χ1) is 9.80. The molecular formula is C16H21N3O. The molecule has 0 bridgehead atoms. The van der Waals surface area contributed by atoms with Crippen LogP contribution in [0.4, 0.5) is 5.82 Å². The molecule has 1 N–H and O–H groups in total. The van der Waals surface area contributed by atoms with Gasteiger partial charge in [0.1, 0.15) is 11.9 Å². The molecule has 2 aliphatic carbocycles. The Balaban J connectivity index is 1.80. The summed E-state index contributed by atoms with van der Waals surface area (Å²) in [6.45, 7) is 0. The number of anilines is 1. The van der Waals surface area contributed by atoms with E-state index in [1.807, 2.05) is 6.07 Å². The molecule has 106 valence electrons. The predicted octanol–water partition coefficient (Wildman–Crippen LogP) is 2.81. The quantitative estimate of drug-likeness (QED) is 0.918. The maximum Gasteiger partial charge on any atom is 0.144 e. The third-order valence-corrected chi connectivity index (χ3v) is 4.48. The van der Waals surface area contributed by atoms with E-state index in [9.17, 15) is 5.26 Å². The van der Waals surface area contributed by atoms with Crippen molar-refractivity contribution in [3.63, 3.8) is 0 Å². The molecule has 20 heavy (non-hydrogen) atoms. The summed E-state index contributed by atoms with van der Waals surface area (Å²) in [5.41, 5.74) is 3.13. The molecule has 2 unspecified atom stereocenters. The molecule has 3 rings (SSSR count). The molecule has 0 aromatic carbocycles. The Kier molecular flexibility index (Phi) is 3.88. The number of rotatable bonds is 3. The Morgan fingerprint density at radius 3 is 2.95 bits per heavy atom. The molecule has 1 aromatic heterocycles. The van der Waals surface area contributed by atoms with E-state index in [0.29, 0.717) is 17.7 Å². The fourth-order valence-corrected chi connectivity index (χ4v) is 3.31. The number of methoxy groups -OCH3 is 1. The lowest BCUT2D eigenvalue weighted by atomic mass is 9.95. The van der Waals surface area contributed by atoms with Gasteiger partial charge in [0.15, 0.2) is 0 Å². The van der Waals surface area contributed by atoms with Gasteiger partial charge >= 0.3 is 0 Å². The fraction of sp³-hybridized carbons (Fsp3) is 0.625. The van der Waals surface area contributed by atoms with Crippen LogP contribution in [0, 0.1) is 11.3 Å². The number of ether oxygens (including phenoxy) is 1. The molecule has 1 heterocycles. The van der Waals surface area contributed by atoms with Crippen molar-refractivity contribution < 1.29 is 4.74 Å². The summed E-state index contributed by atoms with van der Waals surface area (Å²) in [7, 11) is 1.77. The zero-order valence-electron chi connectivity index (χ0n) is 12.0. The first-order valence-corrected chi connectivity index (χ1v) is 7.52. The zero-order chi connectivity index (χ0) is 13.9. The van der Waals surface area contributed by atoms with E-state index in [0.717, 1.165) is 37.9 Å². The minimum Gasteiger partial charge on any atom is -0.381 e. The van der Waals surface area contributed by atoms with Crippen LogP contribution in [-0.2, 0) is 17.6 Å². The summed E-state index contributed by atoms with van der Waals surface area (Å²) >= 11 is 0. The van der Waals surface area contributed by atoms with Crippen LogP contribution >= 0.6 is 0 Å². The molecular weight excluding hydrogens is 250 g/mol. The third-order valence-electron chi connectivity index (χ3n) is 4.48. The number of nitrogens with zero attached hydrogens (tertiary/aromatic N) is 2. The molecule has 4 nitrogen and oxygen atoms in total. The monoisotopic (exact) mass is 271 g/mol. The van der Waals surface area contributed by atoms with Gasteiger partial charge in [0.05, 0.1) is 11.7 Å². The zero-order valence-corrected chi connectivity index (χ0v) is 12.0. The lowest BCUT2D eigenvalue weighted by molar-refractivity contribution is 0.108. The van der Waals surface area contributed by atoms with Crippen LogP contribution in [0.3, 0.4) is 0 Å². The van der Waals surface area contributed by atoms with Crippen molar-refractivity contribution in [3.05, 3.63) is 22.9 Å². The van der Waals surface area contributed by atoms with Gasteiger partial charge in [-0.1, -0.05) is 0 Å². The van der Waals surface area contributed by atoms with Gasteiger partial charge in [0, 0.05) is 18.8 Å². The topological polar surface area (TPSA) is 57.9 Å². The molecule has 1 saturated carbocycles. The Labute approximate surface area is 120 Å². The normalized spacial score (nSPS) is 25.0. The largest absolute Gasteiger partial charge is 0.381 e. The minimum absolute atomic E-state index is 0.343. The first kappa shape index (κ1) is 13.4. The van der Waals surface area contributed by atoms with Crippen LogP contribution in [0.15, 0.2) is 6.07 Å². The lowest BCUT2D eigenvalue weighted by Gasteiger charge is -2.19. The van der Waals surface area contributed by atoms with Crippen LogP contribution < -0.4 is 5.32 Å². The van der Waals surface area contributed by atoms with Crippen molar-refractivity contribution in [1.29, 1.82) is 5.26 Å². The van der Waals surface area contributed by atoms with Crippen molar-refractivity contribution in [1.82, 2.24) is 4.98 Å². The summed E-state index contributed by atoms with van der Waals surface area (Å²) in [6, 6.07) is 4.70. The highest BCUT2D eigenvalue weighted by molar-refractivity contribution is 5.55. The van der Waals surface area contributed by atoms with E-state index in [1.54, 1.807) is 7.11 Å². The molecule has 2 atom stereocenters. The molecule has 0 amide bonds. The van der Waals surface area contributed by atoms with Crippen LogP contribution in [0.1, 0.15) is 48.9 Å². The highest BCUT2D eigenvalue weighted by Gasteiger charge is 2.25. The number of hydrogen-bond donors (Lipinski definition) is 1. The average molecular weight is 271 g/mol. The van der Waals surface area contributed by atoms with E-state index in [-0.39, 0.29) is 0 Å². The Hall–Kier alpha value is -1.60. The van der Waals surface area contributed by atoms with Crippen molar-refractivity contribution in [2.45, 2.75) is 57.1 Å². The number of nitriles is 1. The average Bonchev–Trinajstić information content (AvgIpc) is 2.94. The maximum atomic E-state index is 9.34. The first-order valence-electron chi connectivity index (χ1n) is 7.52. The summed E-state index contributed by atoms with van der Waals surface area (Å²) in [4.78, 5) is 4.72. The van der Waals surface area contributed by atoms with Crippen LogP contribution in [0.2, 0.25) is 0 Å². The van der Waals surface area contributed by atoms with Crippen LogP contribution in [0.25, 0.3) is 0 Å². The molecule has 2 aliphatic rings. The minimum atomic E-state index is 0.343. The third kappa shape index (κ3) is 2.64. The molecule has 0 aliphatic heterocycles. The Morgan fingerprint density at radius 1 is 1.35 bits per heavy atom. The predicted molar refractivity (Wildman–Crippen MR) is 77.7 cm³/mol. The van der Waals surface area contributed by atoms with Gasteiger partial charge < -0.3 is 10.1 Å². The Bertz CT molecular complexity index is 535. The van der Waals surface area contributed by atoms with Crippen molar-refractivity contribution in [2.75, 3.05) is 12.4 Å². The number of nitrogens with one attached hydrogen (secondary N) is 1. The van der Waals surface area contributed by atoms with Gasteiger partial charge in [0.2, 0.25) is 0 Å². The van der Waals surface area contributed by atoms with Crippen molar-refractivity contribution >= 4 is 5.82 Å². The Morgan fingerprint density at radius 2 is 2.20 bits per heavy atom. The summed E-state index contributed by atoms with van der Waals surface area (Å²) in [6.07, 6.45) is 8.04. The molecule has 4 heteroatoms. The van der Waals surface area contributed by atoms with Crippen LogP contribution in [-0.4, -0.2) is 24.2 Å². The SMILES string of the molecule is COC1CCC(Nc2nc3c(cc2C#N)CCCC3)C1. The fourth-order valence-electron chi connectivity index (χ4n) is 3.31. The number of hydrogen-bond acceptors (Lipinski definition) is 4. The highest BCUT2D eigenvalue weighted by Crippen LogP contribution is 2.28. The van der Waals surface area contributed by atoms with Crippen molar-refractivity contribution in [3.8, 4) is 6.07 Å². The number of pyridine rings is 1. The maximum absolute atomic E-state index is 9.34. The van der Waals surface area contributed by atoms with Gasteiger partial charge in [0.25, 0.3) is 0 Å². The van der Waals surface area contributed by atoms with E-state index < -0.39 is 0 Å². The number of fused-ring (bicyclic) bond motifs is 1. The van der Waals surface area contributed by atoms with E-state index in [2.05, 4.69) is 11.4 Å². The summed E-state index contributed by atoms with van der Waals surface area (Å²) in [5.74, 6) is 0.773. The van der Waals surface area contributed by atoms with Gasteiger partial charge in [-0.25, -0.2) is 4.98 Å². The number of aryl methyl sites for hydroxylation is 2. The van der Waals surface area contributed by atoms with E-state index >= 15 is 0 Å². The molecule has 0 radical (unpaired) electrons. The summed E-state index contributed by atoms with van der Waals surface area (Å²) in [5, 5.41) is 12.8. The molecule has 0 saturated heterocycles. The number of aromatic nitrogens is 1. The molecule has 1 aromatic rings. The van der Waals surface area contributed by atoms with E-state index in [4.69, 9.17) is 9.72 Å². The summed E-state index contributed by atoms with van der Waals surface area (Å²) < 4.78 is 5.40. The van der Waals surface area contributed by atoms with Gasteiger partial charge in [-0.2, -0.15) is 5.26 Å². The molecule has 0 spiro atoms.